The van der Waals surface area contributed by atoms with Crippen LogP contribution in [0, 0.1) is 20.8 Å². The Kier molecular flexibility index (Phi) is 6.01. The van der Waals surface area contributed by atoms with E-state index in [4.69, 9.17) is 9.73 Å². The zero-order valence-electron chi connectivity index (χ0n) is 20.3. The summed E-state index contributed by atoms with van der Waals surface area (Å²) in [7, 11) is 1.60. The van der Waals surface area contributed by atoms with E-state index in [9.17, 15) is 14.7 Å². The lowest BCUT2D eigenvalue weighted by Crippen LogP contribution is -2.10. The predicted molar refractivity (Wildman–Crippen MR) is 138 cm³/mol. The lowest BCUT2D eigenvalue weighted by Gasteiger charge is -2.13. The summed E-state index contributed by atoms with van der Waals surface area (Å²) in [5.41, 5.74) is 5.90. The van der Waals surface area contributed by atoms with E-state index in [2.05, 4.69) is 24.0 Å². The summed E-state index contributed by atoms with van der Waals surface area (Å²) >= 11 is 1.63. The van der Waals surface area contributed by atoms with Crippen molar-refractivity contribution in [3.05, 3.63) is 81.2 Å². The topological polar surface area (TPSA) is 107 Å². The van der Waals surface area contributed by atoms with Crippen LogP contribution in [-0.2, 0) is 4.79 Å². The van der Waals surface area contributed by atoms with E-state index in [1.807, 2.05) is 35.8 Å². The summed E-state index contributed by atoms with van der Waals surface area (Å²) < 4.78 is 7.45. The number of methoxy groups -OCH3 is 1. The molecule has 0 amide bonds. The third-order valence-corrected chi connectivity index (χ3v) is 7.63. The van der Waals surface area contributed by atoms with Crippen molar-refractivity contribution in [2.24, 2.45) is 4.99 Å². The quantitative estimate of drug-likeness (QED) is 0.369. The maximum atomic E-state index is 11.7. The molecule has 2 aromatic heterocycles. The number of carboxylic acids is 1. The van der Waals surface area contributed by atoms with Crippen LogP contribution < -0.4 is 4.74 Å². The van der Waals surface area contributed by atoms with Gasteiger partial charge in [-0.25, -0.2) is 0 Å². The number of fused-ring (bicyclic) bond motifs is 3. The van der Waals surface area contributed by atoms with E-state index in [1.54, 1.807) is 36.6 Å². The van der Waals surface area contributed by atoms with E-state index in [1.165, 1.54) is 0 Å². The molecule has 3 heterocycles. The van der Waals surface area contributed by atoms with E-state index in [0.29, 0.717) is 23.0 Å². The monoisotopic (exact) mass is 500 g/mol. The van der Waals surface area contributed by atoms with Gasteiger partial charge in [0.2, 0.25) is 0 Å². The second kappa shape index (κ2) is 9.16. The number of thiophene rings is 1. The highest BCUT2D eigenvalue weighted by Crippen LogP contribution is 2.40. The zero-order chi connectivity index (χ0) is 25.6. The minimum absolute atomic E-state index is 0.192. The first-order chi connectivity index (χ1) is 17.3. The van der Waals surface area contributed by atoms with Crippen LogP contribution in [0.4, 0.5) is 0 Å². The van der Waals surface area contributed by atoms with E-state index >= 15 is 0 Å². The predicted octanol–water partition coefficient (Wildman–Crippen LogP) is 5.11. The fourth-order valence-electron chi connectivity index (χ4n) is 4.52. The number of aldehydes is 1. The average molecular weight is 501 g/mol. The first-order valence-electron chi connectivity index (χ1n) is 11.4. The van der Waals surface area contributed by atoms with Gasteiger partial charge in [0, 0.05) is 27.1 Å². The second-order valence-electron chi connectivity index (χ2n) is 8.65. The highest BCUT2D eigenvalue weighted by atomic mass is 32.1. The lowest BCUT2D eigenvalue weighted by molar-refractivity contribution is -0.137. The Morgan fingerprint density at radius 1 is 1.11 bits per heavy atom. The normalized spacial score (nSPS) is 14.4. The van der Waals surface area contributed by atoms with Crippen molar-refractivity contribution >= 4 is 29.3 Å². The van der Waals surface area contributed by atoms with Crippen molar-refractivity contribution in [2.75, 3.05) is 7.11 Å². The number of nitrogens with zero attached hydrogens (tertiary/aromatic N) is 4. The summed E-state index contributed by atoms with van der Waals surface area (Å²) in [5.74, 6) is 0.934. The smallest absolute Gasteiger partial charge is 0.306 e. The number of aromatic nitrogens is 3. The van der Waals surface area contributed by atoms with Crippen LogP contribution in [0.15, 0.2) is 47.5 Å². The number of ether oxygens (including phenoxy) is 1. The molecule has 8 nitrogen and oxygen atoms in total. The van der Waals surface area contributed by atoms with Gasteiger partial charge in [-0.2, -0.15) is 0 Å². The molecule has 0 radical (unpaired) electrons. The van der Waals surface area contributed by atoms with Crippen LogP contribution >= 0.6 is 11.3 Å². The molecule has 0 saturated carbocycles. The number of carboxylic acid groups (broad SMARTS) is 1. The van der Waals surface area contributed by atoms with Crippen LogP contribution in [0.5, 0.6) is 5.75 Å². The number of rotatable bonds is 6. The van der Waals surface area contributed by atoms with Gasteiger partial charge < -0.3 is 9.84 Å². The largest absolute Gasteiger partial charge is 0.496 e. The molecule has 1 aliphatic rings. The molecule has 4 aromatic rings. The van der Waals surface area contributed by atoms with Crippen molar-refractivity contribution in [1.29, 1.82) is 0 Å². The van der Waals surface area contributed by atoms with E-state index in [0.717, 1.165) is 49.7 Å². The van der Waals surface area contributed by atoms with Crippen molar-refractivity contribution in [2.45, 2.75) is 33.2 Å². The van der Waals surface area contributed by atoms with Crippen LogP contribution in [0.2, 0.25) is 0 Å². The Hall–Kier alpha value is -4.11. The molecule has 1 aliphatic heterocycles. The van der Waals surface area contributed by atoms with Crippen LogP contribution in [0.1, 0.15) is 56.0 Å². The minimum atomic E-state index is -0.953. The average Bonchev–Trinajstić information content (AvgIpc) is 3.35. The number of aliphatic imine (C=N–C) groups is 1. The molecular formula is C27H24N4O4S. The van der Waals surface area contributed by atoms with Gasteiger partial charge >= 0.3 is 5.97 Å². The Bertz CT molecular complexity index is 1530. The standard InChI is InChI=1S/C27H24N4O4S/c1-14-15(2)36-27-24(14)25(28-21(12-23(33)34)26-30-29-16(3)31(26)27)19-8-6-18(7-9-19)20-11-17(13-32)5-10-22(20)35-4/h5-11,13,21H,12H2,1-4H3,(H,33,34)/t21-/m0/s1. The Morgan fingerprint density at radius 3 is 2.50 bits per heavy atom. The summed E-state index contributed by atoms with van der Waals surface area (Å²) in [6, 6.07) is 12.5. The number of carbonyl (C=O) groups is 2. The molecular weight excluding hydrogens is 476 g/mol. The van der Waals surface area contributed by atoms with Gasteiger partial charge in [0.25, 0.3) is 0 Å². The van der Waals surface area contributed by atoms with Gasteiger partial charge in [0.05, 0.1) is 19.2 Å². The van der Waals surface area contributed by atoms with Gasteiger partial charge in [-0.15, -0.1) is 21.5 Å². The summed E-state index contributed by atoms with van der Waals surface area (Å²) in [5, 5.41) is 19.1. The number of benzene rings is 2. The van der Waals surface area contributed by atoms with Crippen molar-refractivity contribution in [1.82, 2.24) is 14.8 Å². The van der Waals surface area contributed by atoms with E-state index in [-0.39, 0.29) is 6.42 Å². The molecule has 2 aromatic carbocycles. The number of hydrogen-bond donors (Lipinski definition) is 1. The molecule has 1 atom stereocenters. The molecule has 0 fully saturated rings. The molecule has 0 bridgehead atoms. The highest BCUT2D eigenvalue weighted by Gasteiger charge is 2.32. The van der Waals surface area contributed by atoms with Gasteiger partial charge in [0.1, 0.15) is 28.9 Å². The molecule has 182 valence electrons. The van der Waals surface area contributed by atoms with Gasteiger partial charge in [-0.3, -0.25) is 19.1 Å². The molecule has 0 unspecified atom stereocenters. The third-order valence-electron chi connectivity index (χ3n) is 6.44. The maximum Gasteiger partial charge on any atom is 0.306 e. The summed E-state index contributed by atoms with van der Waals surface area (Å²) in [6.07, 6.45) is 0.617. The van der Waals surface area contributed by atoms with Gasteiger partial charge in [0.15, 0.2) is 5.82 Å². The highest BCUT2D eigenvalue weighted by molar-refractivity contribution is 7.15. The molecule has 9 heteroatoms. The number of carbonyl (C=O) groups excluding carboxylic acids is 1. The molecule has 36 heavy (non-hydrogen) atoms. The molecule has 5 rings (SSSR count). The lowest BCUT2D eigenvalue weighted by atomic mass is 9.96. The van der Waals surface area contributed by atoms with Crippen molar-refractivity contribution in [3.8, 4) is 21.9 Å². The number of hydrogen-bond acceptors (Lipinski definition) is 7. The second-order valence-corrected chi connectivity index (χ2v) is 9.85. The first-order valence-corrected chi connectivity index (χ1v) is 12.2. The summed E-state index contributed by atoms with van der Waals surface area (Å²) in [6.45, 7) is 5.99. The van der Waals surface area contributed by atoms with Crippen molar-refractivity contribution < 1.29 is 19.4 Å². The summed E-state index contributed by atoms with van der Waals surface area (Å²) in [4.78, 5) is 29.2. The SMILES string of the molecule is COc1ccc(C=O)cc1-c1ccc(C2=N[C@@H](CC(=O)O)c3nnc(C)n3-c3sc(C)c(C)c32)cc1. The molecule has 0 aliphatic carbocycles. The fourth-order valence-corrected chi connectivity index (χ4v) is 5.74. The maximum absolute atomic E-state index is 11.7. The Labute approximate surface area is 211 Å². The van der Waals surface area contributed by atoms with Crippen LogP contribution in [-0.4, -0.2) is 44.9 Å². The molecule has 0 spiro atoms. The third kappa shape index (κ3) is 3.91. The number of aryl methyl sites for hydroxylation is 2. The van der Waals surface area contributed by atoms with Gasteiger partial charge in [-0.05, 0) is 50.1 Å². The molecule has 0 saturated heterocycles. The number of aliphatic carboxylic acids is 1. The first kappa shape index (κ1) is 23.6. The van der Waals surface area contributed by atoms with Crippen molar-refractivity contribution in [3.63, 3.8) is 0 Å². The fraction of sp³-hybridized carbons (Fsp3) is 0.222. The zero-order valence-corrected chi connectivity index (χ0v) is 21.1. The molecule has 1 N–H and O–H groups in total. The Balaban J connectivity index is 1.68. The van der Waals surface area contributed by atoms with E-state index < -0.39 is 12.0 Å². The minimum Gasteiger partial charge on any atom is -0.496 e. The van der Waals surface area contributed by atoms with Gasteiger partial charge in [-0.1, -0.05) is 24.3 Å². The van der Waals surface area contributed by atoms with Crippen LogP contribution in [0.3, 0.4) is 0 Å². The van der Waals surface area contributed by atoms with Crippen LogP contribution in [0.25, 0.3) is 16.1 Å². The Morgan fingerprint density at radius 2 is 1.83 bits per heavy atom.